The predicted octanol–water partition coefficient (Wildman–Crippen LogP) is 3.96. The Morgan fingerprint density at radius 3 is 2.92 bits per heavy atom. The molecule has 1 unspecified atom stereocenters. The van der Waals surface area contributed by atoms with Crippen molar-refractivity contribution < 1.29 is 9.18 Å². The lowest BCUT2D eigenvalue weighted by Gasteiger charge is -2.15. The van der Waals surface area contributed by atoms with E-state index in [0.29, 0.717) is 21.2 Å². The van der Waals surface area contributed by atoms with E-state index >= 15 is 0 Å². The first-order valence-corrected chi connectivity index (χ1v) is 9.63. The zero-order valence-corrected chi connectivity index (χ0v) is 14.9. The lowest BCUT2D eigenvalue weighted by Crippen LogP contribution is -2.37. The Morgan fingerprint density at radius 2 is 2.17 bits per heavy atom. The summed E-state index contributed by atoms with van der Waals surface area (Å²) in [6.07, 6.45) is 4.53. The number of halogens is 1. The largest absolute Gasteiger partial charge is 0.352 e. The standard InChI is InChI=1S/C16H19FN4OS2/c1-10(14(22)18-12-6-2-3-7-12)23-16-21-20-15(24-16)19-13-8-4-5-11(17)9-13/h4-5,8-10,12H,2-3,6-7H2,1H3,(H,18,22)(H,19,20). The van der Waals surface area contributed by atoms with E-state index in [1.807, 2.05) is 6.92 Å². The number of benzene rings is 1. The number of nitrogens with zero attached hydrogens (tertiary/aromatic N) is 2. The van der Waals surface area contributed by atoms with Gasteiger partial charge < -0.3 is 10.6 Å². The van der Waals surface area contributed by atoms with Crippen LogP contribution in [0.25, 0.3) is 0 Å². The molecule has 8 heteroatoms. The van der Waals surface area contributed by atoms with Crippen LogP contribution >= 0.6 is 23.1 Å². The van der Waals surface area contributed by atoms with Gasteiger partial charge in [0.2, 0.25) is 11.0 Å². The van der Waals surface area contributed by atoms with Crippen LogP contribution in [0.3, 0.4) is 0 Å². The van der Waals surface area contributed by atoms with Gasteiger partial charge in [0.05, 0.1) is 5.25 Å². The highest BCUT2D eigenvalue weighted by Gasteiger charge is 2.22. The molecule has 1 heterocycles. The monoisotopic (exact) mass is 366 g/mol. The zero-order valence-electron chi connectivity index (χ0n) is 13.3. The number of carbonyl (C=O) groups is 1. The van der Waals surface area contributed by atoms with Crippen molar-refractivity contribution in [3.63, 3.8) is 0 Å². The van der Waals surface area contributed by atoms with Crippen molar-refractivity contribution in [2.45, 2.75) is 48.2 Å². The summed E-state index contributed by atoms with van der Waals surface area (Å²) in [7, 11) is 0. The maximum atomic E-state index is 13.2. The predicted molar refractivity (Wildman–Crippen MR) is 95.3 cm³/mol. The van der Waals surface area contributed by atoms with Crippen molar-refractivity contribution in [2.24, 2.45) is 0 Å². The molecule has 1 amide bonds. The fourth-order valence-electron chi connectivity index (χ4n) is 2.59. The van der Waals surface area contributed by atoms with E-state index in [-0.39, 0.29) is 17.0 Å². The van der Waals surface area contributed by atoms with E-state index in [0.717, 1.165) is 12.8 Å². The third kappa shape index (κ3) is 4.67. The number of carbonyl (C=O) groups excluding carboxylic acids is 1. The first-order valence-electron chi connectivity index (χ1n) is 7.93. The van der Waals surface area contributed by atoms with Crippen LogP contribution < -0.4 is 10.6 Å². The van der Waals surface area contributed by atoms with Gasteiger partial charge in [0.25, 0.3) is 0 Å². The molecule has 1 aromatic heterocycles. The second-order valence-electron chi connectivity index (χ2n) is 5.76. The smallest absolute Gasteiger partial charge is 0.233 e. The minimum Gasteiger partial charge on any atom is -0.352 e. The van der Waals surface area contributed by atoms with Crippen molar-refractivity contribution in [1.29, 1.82) is 0 Å². The van der Waals surface area contributed by atoms with Gasteiger partial charge in [-0.05, 0) is 38.0 Å². The van der Waals surface area contributed by atoms with Gasteiger partial charge in [-0.2, -0.15) is 0 Å². The minimum absolute atomic E-state index is 0.0433. The van der Waals surface area contributed by atoms with Crippen LogP contribution in [0.15, 0.2) is 28.6 Å². The number of nitrogens with one attached hydrogen (secondary N) is 2. The molecule has 2 aromatic rings. The number of amides is 1. The highest BCUT2D eigenvalue weighted by Crippen LogP contribution is 2.31. The molecule has 3 rings (SSSR count). The SMILES string of the molecule is CC(Sc1nnc(Nc2cccc(F)c2)s1)C(=O)NC1CCCC1. The Labute approximate surface area is 148 Å². The fourth-order valence-corrected chi connectivity index (χ4v) is 4.52. The number of rotatable bonds is 6. The van der Waals surface area contributed by atoms with Crippen molar-refractivity contribution in [2.75, 3.05) is 5.32 Å². The number of thioether (sulfide) groups is 1. The topological polar surface area (TPSA) is 66.9 Å². The summed E-state index contributed by atoms with van der Waals surface area (Å²) in [4.78, 5) is 12.2. The second-order valence-corrected chi connectivity index (χ2v) is 8.32. The zero-order chi connectivity index (χ0) is 16.9. The molecule has 0 radical (unpaired) electrons. The average molecular weight is 366 g/mol. The van der Waals surface area contributed by atoms with Gasteiger partial charge in [0, 0.05) is 11.7 Å². The van der Waals surface area contributed by atoms with Gasteiger partial charge in [-0.1, -0.05) is 42.0 Å². The summed E-state index contributed by atoms with van der Waals surface area (Å²) in [5.41, 5.74) is 0.620. The number of aromatic nitrogens is 2. The highest BCUT2D eigenvalue weighted by molar-refractivity contribution is 8.02. The second kappa shape index (κ2) is 7.94. The molecule has 2 N–H and O–H groups in total. The molecule has 0 spiro atoms. The van der Waals surface area contributed by atoms with Gasteiger partial charge in [0.15, 0.2) is 4.34 Å². The molecule has 128 valence electrons. The molecule has 1 aliphatic carbocycles. The normalized spacial score (nSPS) is 16.1. The molecular weight excluding hydrogens is 347 g/mol. The van der Waals surface area contributed by atoms with Crippen molar-refractivity contribution in [1.82, 2.24) is 15.5 Å². The van der Waals surface area contributed by atoms with Crippen molar-refractivity contribution in [3.8, 4) is 0 Å². The molecular formula is C16H19FN4OS2. The Balaban J connectivity index is 1.54. The van der Waals surface area contributed by atoms with E-state index in [1.54, 1.807) is 12.1 Å². The number of anilines is 2. The lowest BCUT2D eigenvalue weighted by molar-refractivity contribution is -0.120. The molecule has 0 saturated heterocycles. The quantitative estimate of drug-likeness (QED) is 0.758. The Morgan fingerprint density at radius 1 is 1.38 bits per heavy atom. The van der Waals surface area contributed by atoms with Gasteiger partial charge in [-0.25, -0.2) is 4.39 Å². The number of hydrogen-bond donors (Lipinski definition) is 2. The summed E-state index contributed by atoms with van der Waals surface area (Å²) in [5.74, 6) is -0.266. The van der Waals surface area contributed by atoms with Crippen molar-refractivity contribution in [3.05, 3.63) is 30.1 Å². The van der Waals surface area contributed by atoms with Crippen LogP contribution in [0.4, 0.5) is 15.2 Å². The average Bonchev–Trinajstić information content (AvgIpc) is 3.19. The van der Waals surface area contributed by atoms with Crippen LogP contribution in [0.5, 0.6) is 0 Å². The van der Waals surface area contributed by atoms with Gasteiger partial charge in [-0.3, -0.25) is 4.79 Å². The maximum absolute atomic E-state index is 13.2. The molecule has 5 nitrogen and oxygen atoms in total. The molecule has 1 aromatic carbocycles. The van der Waals surface area contributed by atoms with E-state index in [1.165, 1.54) is 48.1 Å². The molecule has 24 heavy (non-hydrogen) atoms. The Bertz CT molecular complexity index is 703. The van der Waals surface area contributed by atoms with E-state index in [9.17, 15) is 9.18 Å². The van der Waals surface area contributed by atoms with E-state index in [4.69, 9.17) is 0 Å². The molecule has 1 atom stereocenters. The lowest BCUT2D eigenvalue weighted by atomic mass is 10.2. The summed E-state index contributed by atoms with van der Waals surface area (Å²) in [5, 5.41) is 14.6. The Kier molecular flexibility index (Phi) is 5.68. The fraction of sp³-hybridized carbons (Fsp3) is 0.438. The minimum atomic E-state index is -0.309. The number of hydrogen-bond acceptors (Lipinski definition) is 6. The summed E-state index contributed by atoms with van der Waals surface area (Å²) in [6.45, 7) is 1.87. The third-order valence-electron chi connectivity index (χ3n) is 3.83. The third-order valence-corrected chi connectivity index (χ3v) is 5.85. The highest BCUT2D eigenvalue weighted by atomic mass is 32.2. The summed E-state index contributed by atoms with van der Waals surface area (Å²) in [6, 6.07) is 6.49. The molecule has 1 saturated carbocycles. The molecule has 0 bridgehead atoms. The first-order chi connectivity index (χ1) is 11.6. The molecule has 1 fully saturated rings. The van der Waals surface area contributed by atoms with E-state index in [2.05, 4.69) is 20.8 Å². The van der Waals surface area contributed by atoms with Gasteiger partial charge in [0.1, 0.15) is 5.82 Å². The summed E-state index contributed by atoms with van der Waals surface area (Å²) >= 11 is 2.74. The van der Waals surface area contributed by atoms with Crippen LogP contribution in [0.1, 0.15) is 32.6 Å². The van der Waals surface area contributed by atoms with Crippen LogP contribution in [-0.2, 0) is 4.79 Å². The molecule has 0 aliphatic heterocycles. The Hall–Kier alpha value is -1.67. The first kappa shape index (κ1) is 17.2. The van der Waals surface area contributed by atoms with Crippen molar-refractivity contribution >= 4 is 39.8 Å². The summed E-state index contributed by atoms with van der Waals surface area (Å²) < 4.78 is 13.9. The molecule has 1 aliphatic rings. The van der Waals surface area contributed by atoms with Crippen LogP contribution in [-0.4, -0.2) is 27.4 Å². The van der Waals surface area contributed by atoms with Crippen LogP contribution in [0.2, 0.25) is 0 Å². The van der Waals surface area contributed by atoms with E-state index < -0.39 is 0 Å². The van der Waals surface area contributed by atoms with Gasteiger partial charge >= 0.3 is 0 Å². The van der Waals surface area contributed by atoms with Crippen LogP contribution in [0, 0.1) is 5.82 Å². The maximum Gasteiger partial charge on any atom is 0.233 e. The van der Waals surface area contributed by atoms with Gasteiger partial charge in [-0.15, -0.1) is 10.2 Å².